The molecule has 3 atom stereocenters. The van der Waals surface area contributed by atoms with Gasteiger partial charge in [-0.2, -0.15) is 0 Å². The number of fused-ring (bicyclic) bond motifs is 4. The van der Waals surface area contributed by atoms with Crippen molar-refractivity contribution in [2.24, 2.45) is 11.8 Å². The Morgan fingerprint density at radius 2 is 1.71 bits per heavy atom. The molecular weight excluding hydrogens is 432 g/mol. The summed E-state index contributed by atoms with van der Waals surface area (Å²) in [7, 11) is 0. The van der Waals surface area contributed by atoms with E-state index in [2.05, 4.69) is 29.6 Å². The fraction of sp³-hybridized carbons (Fsp3) is 0.444. The third-order valence-electron chi connectivity index (χ3n) is 7.67. The number of aliphatic carboxylic acids is 1. The summed E-state index contributed by atoms with van der Waals surface area (Å²) in [5, 5.41) is 12.6. The average molecular weight is 463 g/mol. The molecular formula is C27H30N2O5. The standard InChI is InChI=1S/C27H30N2O5/c1-16(2)23(24(30)29-13-7-8-17-14-27(17,29)25(31)32)28-26(33)34-15-22-20-11-5-3-9-18(20)19-10-4-6-12-21(19)22/h3-6,9-12,16-17,22-23H,7-8,13-15H2,1-2H3,(H,28,33)(H,31,32). The molecule has 3 unspecified atom stereocenters. The van der Waals surface area contributed by atoms with Gasteiger partial charge in [0.2, 0.25) is 5.91 Å². The molecule has 1 aliphatic heterocycles. The Kier molecular flexibility index (Phi) is 5.58. The van der Waals surface area contributed by atoms with Crippen LogP contribution in [-0.4, -0.2) is 52.7 Å². The molecule has 1 heterocycles. The van der Waals surface area contributed by atoms with Gasteiger partial charge in [-0.05, 0) is 53.4 Å². The molecule has 0 aromatic heterocycles. The predicted octanol–water partition coefficient (Wildman–Crippen LogP) is 4.02. The maximum atomic E-state index is 13.4. The van der Waals surface area contributed by atoms with E-state index in [4.69, 9.17) is 4.74 Å². The number of amides is 2. The molecule has 3 aliphatic rings. The van der Waals surface area contributed by atoms with Crippen LogP contribution in [0.5, 0.6) is 0 Å². The van der Waals surface area contributed by atoms with E-state index in [1.807, 2.05) is 38.1 Å². The molecule has 178 valence electrons. The summed E-state index contributed by atoms with van der Waals surface area (Å²) >= 11 is 0. The first-order chi connectivity index (χ1) is 16.3. The number of hydrogen-bond donors (Lipinski definition) is 2. The molecule has 0 radical (unpaired) electrons. The lowest BCUT2D eigenvalue weighted by Gasteiger charge is -2.37. The molecule has 2 aromatic carbocycles. The molecule has 2 aromatic rings. The maximum Gasteiger partial charge on any atom is 0.407 e. The van der Waals surface area contributed by atoms with Gasteiger partial charge < -0.3 is 20.1 Å². The van der Waals surface area contributed by atoms with E-state index in [-0.39, 0.29) is 30.3 Å². The Labute approximate surface area is 199 Å². The average Bonchev–Trinajstić information content (AvgIpc) is 3.51. The van der Waals surface area contributed by atoms with Crippen LogP contribution >= 0.6 is 0 Å². The molecule has 1 saturated carbocycles. The Morgan fingerprint density at radius 3 is 2.29 bits per heavy atom. The lowest BCUT2D eigenvalue weighted by atomic mass is 9.97. The SMILES string of the molecule is CC(C)C(NC(=O)OCC1c2ccccc2-c2ccccc21)C(=O)N1CCCC2CC21C(=O)O. The van der Waals surface area contributed by atoms with Crippen molar-refractivity contribution in [1.29, 1.82) is 0 Å². The summed E-state index contributed by atoms with van der Waals surface area (Å²) in [6.07, 6.45) is 1.43. The van der Waals surface area contributed by atoms with Gasteiger partial charge in [0, 0.05) is 12.5 Å². The first kappa shape index (κ1) is 22.4. The van der Waals surface area contributed by atoms with Crippen LogP contribution in [0.3, 0.4) is 0 Å². The highest BCUT2D eigenvalue weighted by Gasteiger charge is 2.67. The van der Waals surface area contributed by atoms with Gasteiger partial charge in [0.1, 0.15) is 18.2 Å². The van der Waals surface area contributed by atoms with Crippen LogP contribution in [0.4, 0.5) is 4.79 Å². The Hall–Kier alpha value is -3.35. The predicted molar refractivity (Wildman–Crippen MR) is 126 cm³/mol. The molecule has 34 heavy (non-hydrogen) atoms. The fourth-order valence-corrected chi connectivity index (χ4v) is 5.82. The van der Waals surface area contributed by atoms with Crippen molar-refractivity contribution in [2.45, 2.75) is 50.6 Å². The molecule has 0 bridgehead atoms. The van der Waals surface area contributed by atoms with E-state index < -0.39 is 23.6 Å². The number of benzene rings is 2. The third-order valence-corrected chi connectivity index (χ3v) is 7.67. The van der Waals surface area contributed by atoms with Crippen LogP contribution in [-0.2, 0) is 14.3 Å². The summed E-state index contributed by atoms with van der Waals surface area (Å²) in [6, 6.07) is 15.4. The second-order valence-electron chi connectivity index (χ2n) is 9.95. The first-order valence-corrected chi connectivity index (χ1v) is 12.0. The zero-order valence-electron chi connectivity index (χ0n) is 19.5. The number of rotatable bonds is 6. The zero-order valence-corrected chi connectivity index (χ0v) is 19.5. The van der Waals surface area contributed by atoms with Gasteiger partial charge in [-0.3, -0.25) is 4.79 Å². The number of hydrogen-bond acceptors (Lipinski definition) is 4. The molecule has 7 heteroatoms. The van der Waals surface area contributed by atoms with Crippen LogP contribution in [0.2, 0.25) is 0 Å². The zero-order chi connectivity index (χ0) is 24.0. The highest BCUT2D eigenvalue weighted by molar-refractivity contribution is 5.94. The largest absolute Gasteiger partial charge is 0.479 e. The fourth-order valence-electron chi connectivity index (χ4n) is 5.82. The van der Waals surface area contributed by atoms with E-state index in [1.165, 1.54) is 4.90 Å². The number of carbonyl (C=O) groups is 3. The van der Waals surface area contributed by atoms with Crippen molar-refractivity contribution in [3.05, 3.63) is 59.7 Å². The van der Waals surface area contributed by atoms with Crippen molar-refractivity contribution in [1.82, 2.24) is 10.2 Å². The van der Waals surface area contributed by atoms with Gasteiger partial charge in [-0.25, -0.2) is 9.59 Å². The molecule has 1 saturated heterocycles. The van der Waals surface area contributed by atoms with Crippen LogP contribution < -0.4 is 5.32 Å². The monoisotopic (exact) mass is 462 g/mol. The van der Waals surface area contributed by atoms with E-state index >= 15 is 0 Å². The normalized spacial score (nSPS) is 23.5. The van der Waals surface area contributed by atoms with Crippen molar-refractivity contribution >= 4 is 18.0 Å². The number of alkyl carbamates (subject to hydrolysis) is 1. The number of piperidine rings is 1. The molecule has 2 amide bonds. The van der Waals surface area contributed by atoms with Crippen molar-refractivity contribution < 1.29 is 24.2 Å². The summed E-state index contributed by atoms with van der Waals surface area (Å²) in [5.41, 5.74) is 3.41. The Morgan fingerprint density at radius 1 is 1.09 bits per heavy atom. The Balaban J connectivity index is 1.28. The first-order valence-electron chi connectivity index (χ1n) is 12.0. The van der Waals surface area contributed by atoms with Gasteiger partial charge in [-0.15, -0.1) is 0 Å². The summed E-state index contributed by atoms with van der Waals surface area (Å²) in [4.78, 5) is 39.7. The summed E-state index contributed by atoms with van der Waals surface area (Å²) in [6.45, 7) is 4.24. The Bertz CT molecular complexity index is 1100. The molecule has 2 N–H and O–H groups in total. The maximum absolute atomic E-state index is 13.4. The number of likely N-dealkylation sites (tertiary alicyclic amines) is 1. The van der Waals surface area contributed by atoms with Crippen LogP contribution in [0.1, 0.15) is 50.2 Å². The minimum atomic E-state index is -1.11. The van der Waals surface area contributed by atoms with Gasteiger partial charge in [0.25, 0.3) is 0 Å². The lowest BCUT2D eigenvalue weighted by Crippen LogP contribution is -2.59. The number of carbonyl (C=O) groups excluding carboxylic acids is 2. The van der Waals surface area contributed by atoms with E-state index in [9.17, 15) is 19.5 Å². The highest BCUT2D eigenvalue weighted by Crippen LogP contribution is 2.54. The molecule has 2 aliphatic carbocycles. The number of carboxylic acids is 1. The van der Waals surface area contributed by atoms with Crippen molar-refractivity contribution in [3.63, 3.8) is 0 Å². The van der Waals surface area contributed by atoms with Crippen LogP contribution in [0.15, 0.2) is 48.5 Å². The third kappa shape index (κ3) is 3.54. The molecule has 5 rings (SSSR count). The van der Waals surface area contributed by atoms with Crippen molar-refractivity contribution in [3.8, 4) is 11.1 Å². The van der Waals surface area contributed by atoms with E-state index in [0.29, 0.717) is 13.0 Å². The summed E-state index contributed by atoms with van der Waals surface area (Å²) < 4.78 is 5.63. The highest BCUT2D eigenvalue weighted by atomic mass is 16.5. The van der Waals surface area contributed by atoms with Gasteiger partial charge >= 0.3 is 12.1 Å². The molecule has 2 fully saturated rings. The van der Waals surface area contributed by atoms with Gasteiger partial charge in [-0.1, -0.05) is 62.4 Å². The van der Waals surface area contributed by atoms with Crippen LogP contribution in [0.25, 0.3) is 11.1 Å². The number of carboxylic acid groups (broad SMARTS) is 1. The molecule has 0 spiro atoms. The van der Waals surface area contributed by atoms with E-state index in [1.54, 1.807) is 0 Å². The quantitative estimate of drug-likeness (QED) is 0.676. The van der Waals surface area contributed by atoms with Crippen LogP contribution in [0, 0.1) is 11.8 Å². The minimum absolute atomic E-state index is 0.00460. The minimum Gasteiger partial charge on any atom is -0.479 e. The molecule has 7 nitrogen and oxygen atoms in total. The topological polar surface area (TPSA) is 95.9 Å². The second-order valence-corrected chi connectivity index (χ2v) is 9.95. The number of nitrogens with zero attached hydrogens (tertiary/aromatic N) is 1. The van der Waals surface area contributed by atoms with Gasteiger partial charge in [0.05, 0.1) is 0 Å². The summed E-state index contributed by atoms with van der Waals surface area (Å²) in [5.74, 6) is -1.57. The number of ether oxygens (including phenoxy) is 1. The lowest BCUT2D eigenvalue weighted by molar-refractivity contribution is -0.156. The van der Waals surface area contributed by atoms with E-state index in [0.717, 1.165) is 35.1 Å². The smallest absolute Gasteiger partial charge is 0.407 e. The van der Waals surface area contributed by atoms with Gasteiger partial charge in [0.15, 0.2) is 0 Å². The second kappa shape index (κ2) is 8.46. The van der Waals surface area contributed by atoms with Crippen molar-refractivity contribution in [2.75, 3.05) is 13.2 Å². The number of nitrogens with one attached hydrogen (secondary N) is 1.